The molecule has 6 nitrogen and oxygen atoms in total. The van der Waals surface area contributed by atoms with Crippen LogP contribution in [0.25, 0.3) is 6.08 Å². The van der Waals surface area contributed by atoms with E-state index in [1.807, 2.05) is 12.1 Å². The van der Waals surface area contributed by atoms with Gasteiger partial charge in [-0.15, -0.1) is 0 Å². The first-order valence-corrected chi connectivity index (χ1v) is 11.2. The van der Waals surface area contributed by atoms with Crippen LogP contribution in [0.3, 0.4) is 0 Å². The molecular weight excluding hydrogens is 386 g/mol. The van der Waals surface area contributed by atoms with Crippen molar-refractivity contribution in [3.8, 4) is 0 Å². The number of piperidine rings is 1. The molecule has 0 unspecified atom stereocenters. The molecular formula is C22H27N3O3S. The number of rotatable bonds is 4. The first-order valence-electron chi connectivity index (χ1n) is 10.4. The number of benzene rings is 1. The van der Waals surface area contributed by atoms with Crippen molar-refractivity contribution < 1.29 is 14.4 Å². The lowest BCUT2D eigenvalue weighted by Gasteiger charge is -2.31. The van der Waals surface area contributed by atoms with E-state index in [1.165, 1.54) is 18.5 Å². The van der Waals surface area contributed by atoms with Crippen LogP contribution in [0.4, 0.5) is 10.5 Å². The van der Waals surface area contributed by atoms with Crippen LogP contribution < -0.4 is 4.90 Å². The molecule has 29 heavy (non-hydrogen) atoms. The molecule has 154 valence electrons. The van der Waals surface area contributed by atoms with E-state index in [0.717, 1.165) is 48.2 Å². The van der Waals surface area contributed by atoms with Crippen molar-refractivity contribution in [2.45, 2.75) is 32.6 Å². The molecule has 0 spiro atoms. The molecule has 1 aromatic rings. The molecule has 0 aliphatic carbocycles. The monoisotopic (exact) mass is 413 g/mol. The molecule has 3 saturated heterocycles. The van der Waals surface area contributed by atoms with Gasteiger partial charge in [0.15, 0.2) is 0 Å². The normalized spacial score (nSPS) is 22.2. The maximum Gasteiger partial charge on any atom is 0.294 e. The predicted molar refractivity (Wildman–Crippen MR) is 116 cm³/mol. The summed E-state index contributed by atoms with van der Waals surface area (Å²) in [4.78, 5) is 43.1. The number of amides is 3. The van der Waals surface area contributed by atoms with Gasteiger partial charge in [-0.3, -0.25) is 19.3 Å². The van der Waals surface area contributed by atoms with Crippen molar-refractivity contribution in [2.75, 3.05) is 37.6 Å². The zero-order valence-electron chi connectivity index (χ0n) is 16.8. The molecule has 3 aliphatic rings. The Balaban J connectivity index is 1.40. The van der Waals surface area contributed by atoms with Gasteiger partial charge < -0.3 is 9.80 Å². The minimum atomic E-state index is -0.373. The van der Waals surface area contributed by atoms with Gasteiger partial charge in [-0.1, -0.05) is 19.1 Å². The Bertz CT molecular complexity index is 822. The number of carbonyl (C=O) groups is 3. The van der Waals surface area contributed by atoms with Gasteiger partial charge in [-0.05, 0) is 67.1 Å². The van der Waals surface area contributed by atoms with Gasteiger partial charge >= 0.3 is 0 Å². The highest BCUT2D eigenvalue weighted by molar-refractivity contribution is 8.18. The zero-order chi connectivity index (χ0) is 20.4. The van der Waals surface area contributed by atoms with Crippen molar-refractivity contribution in [2.24, 2.45) is 5.92 Å². The van der Waals surface area contributed by atoms with E-state index in [0.29, 0.717) is 23.9 Å². The summed E-state index contributed by atoms with van der Waals surface area (Å²) in [6, 6.07) is 8.06. The van der Waals surface area contributed by atoms with E-state index >= 15 is 0 Å². The first kappa shape index (κ1) is 20.0. The Morgan fingerprint density at radius 3 is 2.38 bits per heavy atom. The largest absolute Gasteiger partial charge is 0.372 e. The number of hydrogen-bond acceptors (Lipinski definition) is 5. The molecule has 0 radical (unpaired) electrons. The van der Waals surface area contributed by atoms with Gasteiger partial charge in [0.2, 0.25) is 5.91 Å². The van der Waals surface area contributed by atoms with Gasteiger partial charge in [-0.25, -0.2) is 0 Å². The quantitative estimate of drug-likeness (QED) is 0.706. The maximum atomic E-state index is 12.7. The number of imide groups is 1. The Labute approximate surface area is 175 Å². The van der Waals surface area contributed by atoms with Crippen molar-refractivity contribution in [3.05, 3.63) is 34.7 Å². The molecule has 0 aromatic heterocycles. The number of thioether (sulfide) groups is 1. The summed E-state index contributed by atoms with van der Waals surface area (Å²) in [6.45, 7) is 5.60. The van der Waals surface area contributed by atoms with Gasteiger partial charge in [0.1, 0.15) is 6.54 Å². The molecule has 0 saturated carbocycles. The number of nitrogens with zero attached hydrogens (tertiary/aromatic N) is 3. The third-order valence-electron chi connectivity index (χ3n) is 5.97. The van der Waals surface area contributed by atoms with Crippen LogP contribution in [0.1, 0.15) is 38.2 Å². The lowest BCUT2D eigenvalue weighted by atomic mass is 9.99. The summed E-state index contributed by atoms with van der Waals surface area (Å²) in [5.74, 6) is 0.105. The van der Waals surface area contributed by atoms with Crippen LogP contribution >= 0.6 is 11.8 Å². The number of carbonyl (C=O) groups excluding carboxylic acids is 3. The van der Waals surface area contributed by atoms with Crippen LogP contribution in [-0.4, -0.2) is 59.6 Å². The summed E-state index contributed by atoms with van der Waals surface area (Å²) in [6.07, 6.45) is 6.14. The fourth-order valence-corrected chi connectivity index (χ4v) is 4.88. The standard InChI is InChI=1S/C22H27N3O3S/c1-16-8-12-24(13-9-16)20(26)15-25-21(27)19(29-22(25)28)14-17-4-6-18(7-5-17)23-10-2-3-11-23/h4-7,14,16H,2-3,8-13,15H2,1H3/b19-14+. The fraction of sp³-hybridized carbons (Fsp3) is 0.500. The van der Waals surface area contributed by atoms with Crippen LogP contribution in [0.15, 0.2) is 29.2 Å². The van der Waals surface area contributed by atoms with Crippen LogP contribution in [0.2, 0.25) is 0 Å². The zero-order valence-corrected chi connectivity index (χ0v) is 17.6. The van der Waals surface area contributed by atoms with Crippen LogP contribution in [0.5, 0.6) is 0 Å². The molecule has 0 bridgehead atoms. The predicted octanol–water partition coefficient (Wildman–Crippen LogP) is 3.58. The fourth-order valence-electron chi connectivity index (χ4n) is 4.04. The highest BCUT2D eigenvalue weighted by Gasteiger charge is 2.37. The summed E-state index contributed by atoms with van der Waals surface area (Å²) in [5.41, 5.74) is 2.07. The Morgan fingerprint density at radius 1 is 1.07 bits per heavy atom. The van der Waals surface area contributed by atoms with E-state index in [2.05, 4.69) is 24.0 Å². The topological polar surface area (TPSA) is 60.9 Å². The van der Waals surface area contributed by atoms with Crippen molar-refractivity contribution in [3.63, 3.8) is 0 Å². The molecule has 7 heteroatoms. The molecule has 4 rings (SSSR count). The molecule has 3 heterocycles. The third kappa shape index (κ3) is 4.50. The number of hydrogen-bond donors (Lipinski definition) is 0. The molecule has 3 fully saturated rings. The van der Waals surface area contributed by atoms with Gasteiger partial charge in [0.25, 0.3) is 11.1 Å². The Morgan fingerprint density at radius 2 is 1.72 bits per heavy atom. The van der Waals surface area contributed by atoms with Crippen molar-refractivity contribution in [1.82, 2.24) is 9.80 Å². The summed E-state index contributed by atoms with van der Waals surface area (Å²) in [7, 11) is 0. The van der Waals surface area contributed by atoms with E-state index in [-0.39, 0.29) is 23.6 Å². The molecule has 0 N–H and O–H groups in total. The second kappa shape index (κ2) is 8.61. The molecule has 3 aliphatic heterocycles. The second-order valence-electron chi connectivity index (χ2n) is 8.12. The lowest BCUT2D eigenvalue weighted by molar-refractivity contribution is -0.136. The average molecular weight is 414 g/mol. The molecule has 3 amide bonds. The third-order valence-corrected chi connectivity index (χ3v) is 6.87. The summed E-state index contributed by atoms with van der Waals surface area (Å²) in [5, 5.41) is -0.367. The summed E-state index contributed by atoms with van der Waals surface area (Å²) >= 11 is 0.913. The first-order chi connectivity index (χ1) is 14.0. The molecule has 1 aromatic carbocycles. The number of likely N-dealkylation sites (tertiary alicyclic amines) is 1. The van der Waals surface area contributed by atoms with Gasteiger partial charge in [0, 0.05) is 31.9 Å². The Kier molecular flexibility index (Phi) is 5.94. The molecule has 0 atom stereocenters. The van der Waals surface area contributed by atoms with E-state index in [1.54, 1.807) is 11.0 Å². The van der Waals surface area contributed by atoms with Crippen LogP contribution in [-0.2, 0) is 9.59 Å². The smallest absolute Gasteiger partial charge is 0.294 e. The lowest BCUT2D eigenvalue weighted by Crippen LogP contribution is -2.45. The van der Waals surface area contributed by atoms with Crippen molar-refractivity contribution in [1.29, 1.82) is 0 Å². The minimum absolute atomic E-state index is 0.143. The minimum Gasteiger partial charge on any atom is -0.372 e. The highest BCUT2D eigenvalue weighted by atomic mass is 32.2. The van der Waals surface area contributed by atoms with E-state index < -0.39 is 0 Å². The SMILES string of the molecule is CC1CCN(C(=O)CN2C(=O)S/C(=C/c3ccc(N4CCCC4)cc3)C2=O)CC1. The summed E-state index contributed by atoms with van der Waals surface area (Å²) < 4.78 is 0. The van der Waals surface area contributed by atoms with Gasteiger partial charge in [0.05, 0.1) is 4.91 Å². The van der Waals surface area contributed by atoms with Crippen LogP contribution in [0, 0.1) is 5.92 Å². The maximum absolute atomic E-state index is 12.7. The second-order valence-corrected chi connectivity index (χ2v) is 9.11. The van der Waals surface area contributed by atoms with Gasteiger partial charge in [-0.2, -0.15) is 0 Å². The average Bonchev–Trinajstić information content (AvgIpc) is 3.34. The number of anilines is 1. The van der Waals surface area contributed by atoms with Crippen molar-refractivity contribution >= 4 is 40.6 Å². The Hall–Kier alpha value is -2.28. The van der Waals surface area contributed by atoms with E-state index in [9.17, 15) is 14.4 Å². The van der Waals surface area contributed by atoms with E-state index in [4.69, 9.17) is 0 Å². The highest BCUT2D eigenvalue weighted by Crippen LogP contribution is 2.32.